The van der Waals surface area contributed by atoms with Gasteiger partial charge >= 0.3 is 0 Å². The van der Waals surface area contributed by atoms with E-state index in [9.17, 15) is 18.0 Å². The number of sulfonamides is 1. The van der Waals surface area contributed by atoms with Crippen LogP contribution in [-0.2, 0) is 14.8 Å². The average Bonchev–Trinajstić information content (AvgIpc) is 3.51. The molecule has 12 nitrogen and oxygen atoms in total. The van der Waals surface area contributed by atoms with Gasteiger partial charge in [0.15, 0.2) is 0 Å². The van der Waals surface area contributed by atoms with Crippen LogP contribution >= 0.6 is 23.2 Å². The fraction of sp³-hybridized carbons (Fsp3) is 0.270. The predicted molar refractivity (Wildman–Crippen MR) is 205 cm³/mol. The predicted octanol–water partition coefficient (Wildman–Crippen LogP) is 7.98. The number of hydroxylamine groups is 1. The molecule has 0 atom stereocenters. The first-order valence-corrected chi connectivity index (χ1v) is 18.4. The number of anilines is 3. The van der Waals surface area contributed by atoms with Crippen molar-refractivity contribution in [1.82, 2.24) is 15.4 Å². The minimum absolute atomic E-state index is 0.0259. The van der Waals surface area contributed by atoms with Crippen LogP contribution in [0.3, 0.4) is 0 Å². The first kappa shape index (κ1) is 38.4. The third-order valence-corrected chi connectivity index (χ3v) is 10.3. The maximum absolute atomic E-state index is 13.3. The van der Waals surface area contributed by atoms with E-state index in [1.54, 1.807) is 49.7 Å². The normalized spacial score (nSPS) is 12.0. The second-order valence-electron chi connectivity index (χ2n) is 14.1. The molecule has 5 N–H and O–H groups in total. The largest absolute Gasteiger partial charge is 0.493 e. The number of aromatic amines is 1. The maximum atomic E-state index is 13.3. The number of hydrogen-bond acceptors (Lipinski definition) is 8. The van der Waals surface area contributed by atoms with Crippen LogP contribution in [0.2, 0.25) is 10.0 Å². The van der Waals surface area contributed by atoms with Crippen molar-refractivity contribution in [2.45, 2.75) is 39.0 Å². The number of nitrogens with one attached hydrogen (secondary N) is 4. The number of nitrogens with zero attached hydrogens (tertiary/aromatic N) is 2. The molecule has 0 unspecified atom stereocenters. The Morgan fingerprint density at radius 1 is 0.923 bits per heavy atom. The summed E-state index contributed by atoms with van der Waals surface area (Å²) in [6.45, 7) is 7.42. The molecule has 0 spiro atoms. The molecule has 0 aliphatic heterocycles. The summed E-state index contributed by atoms with van der Waals surface area (Å²) in [4.78, 5) is 35.2. The number of ether oxygens (including phenoxy) is 1. The Morgan fingerprint density at radius 3 is 2.35 bits per heavy atom. The smallest absolute Gasteiger partial charge is 0.262 e. The Bertz CT molecular complexity index is 2250. The fourth-order valence-electron chi connectivity index (χ4n) is 5.85. The number of amides is 2. The number of rotatable bonds is 13. The molecule has 1 heterocycles. The van der Waals surface area contributed by atoms with Crippen molar-refractivity contribution in [2.24, 2.45) is 10.8 Å². The summed E-state index contributed by atoms with van der Waals surface area (Å²) < 4.78 is 35.1. The number of aromatic nitrogens is 2. The van der Waals surface area contributed by atoms with Gasteiger partial charge in [-0.25, -0.2) is 18.9 Å². The molecule has 4 aromatic carbocycles. The quantitative estimate of drug-likeness (QED) is 0.0594. The summed E-state index contributed by atoms with van der Waals surface area (Å²) in [7, 11) is -0.178. The molecule has 0 aliphatic rings. The lowest BCUT2D eigenvalue weighted by molar-refractivity contribution is -0.140. The van der Waals surface area contributed by atoms with Crippen molar-refractivity contribution in [3.63, 3.8) is 0 Å². The number of benzene rings is 4. The van der Waals surface area contributed by atoms with Crippen molar-refractivity contribution in [1.29, 1.82) is 0 Å². The average molecular weight is 768 g/mol. The molecule has 0 bridgehead atoms. The van der Waals surface area contributed by atoms with Gasteiger partial charge in [0.05, 0.1) is 43.8 Å². The third-order valence-electron chi connectivity index (χ3n) is 8.31. The summed E-state index contributed by atoms with van der Waals surface area (Å²) in [6.07, 6.45) is 0.391. The van der Waals surface area contributed by atoms with E-state index in [4.69, 9.17) is 38.1 Å². The lowest BCUT2D eigenvalue weighted by Gasteiger charge is -2.33. The zero-order chi connectivity index (χ0) is 38.0. The van der Waals surface area contributed by atoms with E-state index in [1.165, 1.54) is 30.3 Å². The summed E-state index contributed by atoms with van der Waals surface area (Å²) >= 11 is 13.0. The molecule has 1 aromatic heterocycles. The van der Waals surface area contributed by atoms with Crippen molar-refractivity contribution >= 4 is 73.1 Å². The van der Waals surface area contributed by atoms with Crippen LogP contribution in [0.5, 0.6) is 5.75 Å². The van der Waals surface area contributed by atoms with E-state index < -0.39 is 32.7 Å². The van der Waals surface area contributed by atoms with Gasteiger partial charge in [-0.15, -0.1) is 0 Å². The fourth-order valence-corrected chi connectivity index (χ4v) is 7.41. The minimum atomic E-state index is -4.08. The van der Waals surface area contributed by atoms with Crippen LogP contribution in [0.25, 0.3) is 22.4 Å². The van der Waals surface area contributed by atoms with Crippen LogP contribution in [0.4, 0.5) is 17.1 Å². The first-order valence-electron chi connectivity index (χ1n) is 16.2. The van der Waals surface area contributed by atoms with Gasteiger partial charge in [0.25, 0.3) is 15.9 Å². The van der Waals surface area contributed by atoms with Crippen LogP contribution in [0, 0.1) is 10.8 Å². The van der Waals surface area contributed by atoms with Gasteiger partial charge in [-0.3, -0.25) is 19.5 Å². The second-order valence-corrected chi connectivity index (χ2v) is 16.6. The van der Waals surface area contributed by atoms with Crippen molar-refractivity contribution < 1.29 is 28.0 Å². The zero-order valence-corrected chi connectivity index (χ0v) is 31.8. The Morgan fingerprint density at radius 2 is 1.65 bits per heavy atom. The lowest BCUT2D eigenvalue weighted by atomic mass is 9.75. The van der Waals surface area contributed by atoms with Gasteiger partial charge in [0, 0.05) is 42.5 Å². The molecule has 2 amide bonds. The first-order chi connectivity index (χ1) is 24.4. The number of halogens is 2. The number of carbonyl (C=O) groups excluding carboxylic acids is 2. The van der Waals surface area contributed by atoms with E-state index in [2.05, 4.69) is 15.0 Å². The highest BCUT2D eigenvalue weighted by Crippen LogP contribution is 2.35. The molecule has 0 saturated carbocycles. The van der Waals surface area contributed by atoms with Crippen LogP contribution in [0.15, 0.2) is 83.8 Å². The monoisotopic (exact) mass is 766 g/mol. The van der Waals surface area contributed by atoms with Crippen molar-refractivity contribution in [3.05, 3.63) is 94.5 Å². The summed E-state index contributed by atoms with van der Waals surface area (Å²) in [5, 5.41) is 12.3. The van der Waals surface area contributed by atoms with Crippen molar-refractivity contribution in [3.8, 4) is 17.1 Å². The number of hydrogen-bond donors (Lipinski definition) is 5. The number of carbonyl (C=O) groups is 2. The summed E-state index contributed by atoms with van der Waals surface area (Å²) in [6, 6.07) is 21.1. The van der Waals surface area contributed by atoms with Crippen molar-refractivity contribution in [2.75, 3.05) is 35.6 Å². The van der Waals surface area contributed by atoms with Gasteiger partial charge in [0.2, 0.25) is 5.91 Å². The van der Waals surface area contributed by atoms with Gasteiger partial charge in [0.1, 0.15) is 11.6 Å². The zero-order valence-electron chi connectivity index (χ0n) is 29.5. The standard InChI is InChI=1S/C37H40Cl2N6O6S/c1-36(2,20-37(3,4)35(47)43-48)21-51-25-8-7-9-26(19-25)52(49,50)44-23-10-13-27(30(39)17-23)34(46)40-22-11-14-29(38)28(16-22)33-41-31-15-12-24(45(5)6)18-32(31)42-33/h7-19,44,48H,20-21H2,1-6H3,(H,40,46)(H,41,42)(H,43,47). The number of H-pyrrole nitrogens is 1. The minimum Gasteiger partial charge on any atom is -0.493 e. The van der Waals surface area contributed by atoms with Crippen LogP contribution in [0.1, 0.15) is 44.5 Å². The Balaban J connectivity index is 1.26. The van der Waals surface area contributed by atoms with E-state index in [0.29, 0.717) is 34.3 Å². The molecule has 5 rings (SSSR count). The Labute approximate surface area is 312 Å². The maximum Gasteiger partial charge on any atom is 0.262 e. The van der Waals surface area contributed by atoms with E-state index in [1.807, 2.05) is 51.0 Å². The van der Waals surface area contributed by atoms with Crippen LogP contribution in [-0.4, -0.2) is 56.1 Å². The Kier molecular flexibility index (Phi) is 11.1. The molecular formula is C37H40Cl2N6O6S. The summed E-state index contributed by atoms with van der Waals surface area (Å²) in [5.41, 5.74) is 4.25. The molecular weight excluding hydrogens is 727 g/mol. The molecule has 0 fully saturated rings. The highest BCUT2D eigenvalue weighted by molar-refractivity contribution is 7.92. The highest BCUT2D eigenvalue weighted by Gasteiger charge is 2.35. The lowest BCUT2D eigenvalue weighted by Crippen LogP contribution is -2.39. The molecule has 15 heteroatoms. The van der Waals surface area contributed by atoms with E-state index >= 15 is 0 Å². The third kappa shape index (κ3) is 8.96. The SMILES string of the molecule is CN(C)c1ccc2[nH]c(-c3cc(NC(=O)c4ccc(NS(=O)(=O)c5cccc(OCC(C)(C)CC(C)(C)C(=O)NO)c5)cc4Cl)ccc3Cl)nc2c1. The molecule has 0 radical (unpaired) electrons. The highest BCUT2D eigenvalue weighted by atomic mass is 35.5. The molecule has 52 heavy (non-hydrogen) atoms. The Hall–Kier alpha value is -4.82. The van der Waals surface area contributed by atoms with Gasteiger partial charge < -0.3 is 19.9 Å². The molecule has 5 aromatic rings. The molecule has 0 aliphatic carbocycles. The van der Waals surface area contributed by atoms with Gasteiger partial charge in [-0.05, 0) is 78.6 Å². The van der Waals surface area contributed by atoms with Gasteiger partial charge in [-0.2, -0.15) is 0 Å². The van der Waals surface area contributed by atoms with E-state index in [-0.39, 0.29) is 27.8 Å². The van der Waals surface area contributed by atoms with Gasteiger partial charge in [-0.1, -0.05) is 57.0 Å². The van der Waals surface area contributed by atoms with E-state index in [0.717, 1.165) is 16.7 Å². The number of fused-ring (bicyclic) bond motifs is 1. The number of imidazole rings is 1. The molecule has 274 valence electrons. The van der Waals surface area contributed by atoms with Crippen LogP contribution < -0.4 is 25.2 Å². The topological polar surface area (TPSA) is 166 Å². The molecule has 0 saturated heterocycles. The second kappa shape index (κ2) is 15.0. The summed E-state index contributed by atoms with van der Waals surface area (Å²) in [5.74, 6) is -0.172.